The molecule has 1 aromatic heterocycles. The molecule has 2 N–H and O–H groups in total. The standard InChI is InChI=1S/C28H33F3N6O3/c1-18-7-4-5-9-20(18)12-25(38)32-22-13-21(28(29,30)31)14-23(15-22)33-27(39)34-26-17-37(35-40-26)24-10-6-8-19(11-24)16-36(2)3/h4-5,7,9,13-15,17,19,24H,6,8,10-12,16H2,1-3H3,(H2-,32,33,34,35,38,39)/t19-,24-/m1/s1. The first-order valence-electron chi connectivity index (χ1n) is 13.1. The number of aryl methyl sites for hydroxylation is 1. The molecule has 4 rings (SSSR count). The Balaban J connectivity index is 1.45. The SMILES string of the molecule is Cc1ccccc1CC([O-])=Nc1cc(NC(=O)Nc2c[n+]([C@@H]3CCC[C@@H](CN(C)C)C3)no2)cc(C(F)(F)F)c1. The Bertz CT molecular complexity index is 1360. The van der Waals surface area contributed by atoms with E-state index in [9.17, 15) is 23.1 Å². The summed E-state index contributed by atoms with van der Waals surface area (Å²) in [4.78, 5) is 18.6. The Kier molecular flexibility index (Phi) is 9.08. The number of rotatable bonds is 8. The van der Waals surface area contributed by atoms with Gasteiger partial charge in [0, 0.05) is 31.5 Å². The molecule has 1 aliphatic rings. The summed E-state index contributed by atoms with van der Waals surface area (Å²) in [5.74, 6) is -0.0231. The third-order valence-electron chi connectivity index (χ3n) is 6.83. The summed E-state index contributed by atoms with van der Waals surface area (Å²) in [6, 6.07) is 9.25. The monoisotopic (exact) mass is 558 g/mol. The predicted octanol–water partition coefficient (Wildman–Crippen LogP) is 4.86. The molecule has 1 fully saturated rings. The lowest BCUT2D eigenvalue weighted by Gasteiger charge is -2.26. The minimum atomic E-state index is -4.71. The molecule has 9 nitrogen and oxygen atoms in total. The Morgan fingerprint density at radius 2 is 1.98 bits per heavy atom. The second-order valence-corrected chi connectivity index (χ2v) is 10.4. The number of halogens is 3. The number of carbonyl (C=O) groups excluding carboxylic acids is 1. The van der Waals surface area contributed by atoms with Gasteiger partial charge in [0.15, 0.2) is 6.04 Å². The second kappa shape index (κ2) is 12.5. The van der Waals surface area contributed by atoms with E-state index in [2.05, 4.69) is 25.8 Å². The van der Waals surface area contributed by atoms with E-state index in [1.54, 1.807) is 23.0 Å². The van der Waals surface area contributed by atoms with Crippen LogP contribution in [0, 0.1) is 12.8 Å². The number of benzene rings is 2. The molecular formula is C28H33F3N6O3. The van der Waals surface area contributed by atoms with Crippen LogP contribution in [-0.2, 0) is 12.6 Å². The van der Waals surface area contributed by atoms with Gasteiger partial charge in [-0.15, -0.1) is 0 Å². The van der Waals surface area contributed by atoms with Crippen molar-refractivity contribution in [2.24, 2.45) is 10.9 Å². The van der Waals surface area contributed by atoms with Gasteiger partial charge in [-0.05, 0) is 79.7 Å². The average Bonchev–Trinajstić information content (AvgIpc) is 3.33. The first kappa shape index (κ1) is 29.1. The maximum Gasteiger partial charge on any atom is 0.416 e. The van der Waals surface area contributed by atoms with Crippen molar-refractivity contribution in [3.05, 3.63) is 65.4 Å². The molecule has 2 amide bonds. The van der Waals surface area contributed by atoms with Crippen LogP contribution >= 0.6 is 0 Å². The summed E-state index contributed by atoms with van der Waals surface area (Å²) in [7, 11) is 4.08. The first-order chi connectivity index (χ1) is 19.0. The highest BCUT2D eigenvalue weighted by Gasteiger charge is 2.33. The predicted molar refractivity (Wildman–Crippen MR) is 142 cm³/mol. The van der Waals surface area contributed by atoms with E-state index in [4.69, 9.17) is 4.52 Å². The highest BCUT2D eigenvalue weighted by molar-refractivity contribution is 5.99. The van der Waals surface area contributed by atoms with Crippen LogP contribution in [0.5, 0.6) is 0 Å². The highest BCUT2D eigenvalue weighted by atomic mass is 19.4. The summed E-state index contributed by atoms with van der Waals surface area (Å²) < 4.78 is 47.6. The topological polar surface area (TPSA) is 110 Å². The Labute approximate surface area is 230 Å². The molecule has 2 atom stereocenters. The lowest BCUT2D eigenvalue weighted by Crippen LogP contribution is -2.44. The van der Waals surface area contributed by atoms with E-state index < -0.39 is 23.7 Å². The Hall–Kier alpha value is -3.93. The molecule has 0 aliphatic heterocycles. The number of carbonyl (C=O) groups is 1. The van der Waals surface area contributed by atoms with Crippen LogP contribution in [0.2, 0.25) is 0 Å². The van der Waals surface area contributed by atoms with Crippen molar-refractivity contribution in [1.82, 2.24) is 10.2 Å². The number of alkyl halides is 3. The van der Waals surface area contributed by atoms with E-state index >= 15 is 0 Å². The molecule has 0 radical (unpaired) electrons. The van der Waals surface area contributed by atoms with Crippen LogP contribution in [-0.4, -0.2) is 42.7 Å². The number of aliphatic imine (C=N–C) groups is 1. The largest absolute Gasteiger partial charge is 0.861 e. The van der Waals surface area contributed by atoms with Gasteiger partial charge in [-0.3, -0.25) is 14.8 Å². The molecular weight excluding hydrogens is 525 g/mol. The van der Waals surface area contributed by atoms with Gasteiger partial charge in [0.2, 0.25) is 5.27 Å². The Morgan fingerprint density at radius 1 is 1.20 bits per heavy atom. The summed E-state index contributed by atoms with van der Waals surface area (Å²) in [6.07, 6.45) is 0.865. The molecule has 1 aliphatic carbocycles. The van der Waals surface area contributed by atoms with Crippen LogP contribution in [0.15, 0.2) is 58.2 Å². The minimum Gasteiger partial charge on any atom is -0.861 e. The number of nitrogens with one attached hydrogen (secondary N) is 2. The zero-order valence-corrected chi connectivity index (χ0v) is 22.7. The zero-order chi connectivity index (χ0) is 28.9. The number of amides is 2. The second-order valence-electron chi connectivity index (χ2n) is 10.4. The highest BCUT2D eigenvalue weighted by Crippen LogP contribution is 2.34. The van der Waals surface area contributed by atoms with Gasteiger partial charge in [0.1, 0.15) is 0 Å². The summed E-state index contributed by atoms with van der Waals surface area (Å²) in [5.41, 5.74) is 0.160. The third-order valence-corrected chi connectivity index (χ3v) is 6.83. The molecule has 0 unspecified atom stereocenters. The fourth-order valence-electron chi connectivity index (χ4n) is 5.01. The van der Waals surface area contributed by atoms with E-state index in [0.717, 1.165) is 55.5 Å². The number of nitrogens with zero attached hydrogens (tertiary/aromatic N) is 4. The van der Waals surface area contributed by atoms with E-state index in [-0.39, 0.29) is 29.7 Å². The van der Waals surface area contributed by atoms with Crippen LogP contribution in [0.3, 0.4) is 0 Å². The number of aromatic nitrogens is 2. The van der Waals surface area contributed by atoms with Crippen molar-refractivity contribution >= 4 is 29.2 Å². The quantitative estimate of drug-likeness (QED) is 0.233. The van der Waals surface area contributed by atoms with Crippen LogP contribution in [0.4, 0.5) is 35.2 Å². The van der Waals surface area contributed by atoms with Crippen LogP contribution < -0.4 is 20.4 Å². The van der Waals surface area contributed by atoms with Gasteiger partial charge in [-0.1, -0.05) is 24.3 Å². The van der Waals surface area contributed by atoms with E-state index in [0.29, 0.717) is 5.92 Å². The van der Waals surface area contributed by atoms with Crippen molar-refractivity contribution in [2.75, 3.05) is 31.3 Å². The normalized spacial score (nSPS) is 18.1. The van der Waals surface area contributed by atoms with Crippen LogP contribution in [0.1, 0.15) is 48.4 Å². The van der Waals surface area contributed by atoms with Crippen molar-refractivity contribution < 1.29 is 32.3 Å². The molecule has 0 spiro atoms. The zero-order valence-electron chi connectivity index (χ0n) is 22.7. The summed E-state index contributed by atoms with van der Waals surface area (Å²) >= 11 is 0. The van der Waals surface area contributed by atoms with Crippen molar-refractivity contribution in [3.8, 4) is 0 Å². The average molecular weight is 559 g/mol. The van der Waals surface area contributed by atoms with Gasteiger partial charge in [0.05, 0.1) is 11.3 Å². The lowest BCUT2D eigenvalue weighted by atomic mass is 9.85. The maximum atomic E-state index is 13.6. The van der Waals surface area contributed by atoms with E-state index in [1.165, 1.54) is 6.07 Å². The maximum absolute atomic E-state index is 13.6. The molecule has 1 saturated carbocycles. The Morgan fingerprint density at radius 3 is 2.70 bits per heavy atom. The molecule has 40 heavy (non-hydrogen) atoms. The first-order valence-corrected chi connectivity index (χ1v) is 13.1. The number of urea groups is 1. The van der Waals surface area contributed by atoms with Crippen molar-refractivity contribution in [1.29, 1.82) is 0 Å². The lowest BCUT2D eigenvalue weighted by molar-refractivity contribution is -0.788. The smallest absolute Gasteiger partial charge is 0.416 e. The van der Waals surface area contributed by atoms with Gasteiger partial charge < -0.3 is 15.3 Å². The van der Waals surface area contributed by atoms with Crippen LogP contribution in [0.25, 0.3) is 0 Å². The van der Waals surface area contributed by atoms with Gasteiger partial charge in [0.25, 0.3) is 6.20 Å². The summed E-state index contributed by atoms with van der Waals surface area (Å²) in [5, 5.41) is 21.4. The molecule has 1 heterocycles. The molecule has 214 valence electrons. The van der Waals surface area contributed by atoms with Gasteiger partial charge in [-0.2, -0.15) is 13.2 Å². The summed E-state index contributed by atoms with van der Waals surface area (Å²) in [6.45, 7) is 2.81. The van der Waals surface area contributed by atoms with Gasteiger partial charge >= 0.3 is 18.1 Å². The molecule has 0 saturated heterocycles. The van der Waals surface area contributed by atoms with Gasteiger partial charge in [-0.25, -0.2) is 4.79 Å². The number of anilines is 2. The molecule has 2 aromatic carbocycles. The van der Waals surface area contributed by atoms with Crippen molar-refractivity contribution in [3.63, 3.8) is 0 Å². The van der Waals surface area contributed by atoms with E-state index in [1.807, 2.05) is 33.2 Å². The fraction of sp³-hybridized carbons (Fsp3) is 0.429. The van der Waals surface area contributed by atoms with Crippen molar-refractivity contribution in [2.45, 2.75) is 51.2 Å². The number of hydrogen-bond donors (Lipinski definition) is 2. The minimum absolute atomic E-state index is 0.0533. The molecule has 3 aromatic rings. The number of hydrogen-bond acceptors (Lipinski definition) is 6. The third kappa shape index (κ3) is 8.04. The molecule has 0 bridgehead atoms. The fourth-order valence-corrected chi connectivity index (χ4v) is 5.01. The molecule has 12 heteroatoms.